The predicted octanol–water partition coefficient (Wildman–Crippen LogP) is 4.37. The average molecular weight is 345 g/mol. The summed E-state index contributed by atoms with van der Waals surface area (Å²) in [5, 5.41) is 3.15. The number of hydrogen-bond donors (Lipinski definition) is 1. The maximum absolute atomic E-state index is 12.3. The van der Waals surface area contributed by atoms with E-state index in [9.17, 15) is 4.79 Å². The monoisotopic (exact) mass is 343 g/mol. The molecule has 0 bridgehead atoms. The van der Waals surface area contributed by atoms with E-state index in [0.717, 1.165) is 36.1 Å². The molecule has 1 amide bonds. The Hall–Kier alpha value is -0.540. The van der Waals surface area contributed by atoms with Crippen LogP contribution >= 0.6 is 27.5 Å². The normalized spacial score (nSPS) is 27.0. The second-order valence-electron chi connectivity index (χ2n) is 5.56. The summed E-state index contributed by atoms with van der Waals surface area (Å²) in [6.07, 6.45) is 4.21. The molecule has 1 aromatic rings. The summed E-state index contributed by atoms with van der Waals surface area (Å²) < 4.78 is 0.975. The van der Waals surface area contributed by atoms with Gasteiger partial charge in [-0.15, -0.1) is 11.6 Å². The molecular weight excluding hydrogens is 326 g/mol. The number of carbonyl (C=O) groups excluding carboxylic acids is 1. The first-order valence-electron chi connectivity index (χ1n) is 6.69. The highest BCUT2D eigenvalue weighted by Crippen LogP contribution is 2.33. The Balaban J connectivity index is 2.06. The van der Waals surface area contributed by atoms with E-state index in [0.29, 0.717) is 11.4 Å². The fourth-order valence-electron chi connectivity index (χ4n) is 2.52. The van der Waals surface area contributed by atoms with E-state index in [4.69, 9.17) is 11.6 Å². The number of alkyl halides is 1. The molecule has 0 aliphatic heterocycles. The standard InChI is InChI=1S/C15H19BrClNO/c1-11-6-8-15(10-17,9-7-11)18-14(19)12-2-4-13(16)5-3-12/h2-5,11H,6-10H2,1H3,(H,18,19). The minimum absolute atomic E-state index is 0.0253. The number of benzene rings is 1. The van der Waals surface area contributed by atoms with E-state index in [1.54, 1.807) is 0 Å². The van der Waals surface area contributed by atoms with Gasteiger partial charge in [-0.2, -0.15) is 0 Å². The van der Waals surface area contributed by atoms with E-state index in [1.165, 1.54) is 0 Å². The average Bonchev–Trinajstić information content (AvgIpc) is 2.42. The van der Waals surface area contributed by atoms with Gasteiger partial charge in [0, 0.05) is 15.9 Å². The van der Waals surface area contributed by atoms with Crippen LogP contribution in [-0.2, 0) is 0 Å². The Labute approximate surface area is 128 Å². The first-order valence-corrected chi connectivity index (χ1v) is 8.01. The van der Waals surface area contributed by atoms with Crippen molar-refractivity contribution in [1.29, 1.82) is 0 Å². The number of hydrogen-bond acceptors (Lipinski definition) is 1. The molecule has 4 heteroatoms. The zero-order valence-corrected chi connectivity index (χ0v) is 13.4. The van der Waals surface area contributed by atoms with Crippen LogP contribution in [0.3, 0.4) is 0 Å². The van der Waals surface area contributed by atoms with Gasteiger partial charge in [-0.1, -0.05) is 22.9 Å². The number of amides is 1. The van der Waals surface area contributed by atoms with E-state index < -0.39 is 0 Å². The van der Waals surface area contributed by atoms with Crippen molar-refractivity contribution in [3.05, 3.63) is 34.3 Å². The Morgan fingerprint density at radius 2 is 1.95 bits per heavy atom. The minimum atomic E-state index is -0.224. The molecule has 1 aliphatic carbocycles. The smallest absolute Gasteiger partial charge is 0.251 e. The minimum Gasteiger partial charge on any atom is -0.345 e. The molecule has 0 unspecified atom stereocenters. The molecule has 0 saturated heterocycles. The van der Waals surface area contributed by atoms with Gasteiger partial charge in [-0.25, -0.2) is 0 Å². The lowest BCUT2D eigenvalue weighted by Crippen LogP contribution is -2.52. The molecule has 1 fully saturated rings. The van der Waals surface area contributed by atoms with Gasteiger partial charge in [0.15, 0.2) is 0 Å². The first kappa shape index (κ1) is 14.9. The third-order valence-electron chi connectivity index (χ3n) is 3.97. The van der Waals surface area contributed by atoms with Crippen LogP contribution < -0.4 is 5.32 Å². The fraction of sp³-hybridized carbons (Fsp3) is 0.533. The van der Waals surface area contributed by atoms with Crippen molar-refractivity contribution >= 4 is 33.4 Å². The highest BCUT2D eigenvalue weighted by Gasteiger charge is 2.34. The Kier molecular flexibility index (Phi) is 4.91. The lowest BCUT2D eigenvalue weighted by molar-refractivity contribution is 0.0872. The third kappa shape index (κ3) is 3.73. The summed E-state index contributed by atoms with van der Waals surface area (Å²) in [5.41, 5.74) is 0.462. The van der Waals surface area contributed by atoms with Crippen LogP contribution in [0.5, 0.6) is 0 Å². The molecular formula is C15H19BrClNO. The maximum atomic E-state index is 12.3. The lowest BCUT2D eigenvalue weighted by atomic mass is 9.78. The van der Waals surface area contributed by atoms with Crippen molar-refractivity contribution in [2.75, 3.05) is 5.88 Å². The lowest BCUT2D eigenvalue weighted by Gasteiger charge is -2.38. The van der Waals surface area contributed by atoms with Gasteiger partial charge in [0.05, 0.1) is 5.54 Å². The summed E-state index contributed by atoms with van der Waals surface area (Å²) in [6, 6.07) is 7.41. The van der Waals surface area contributed by atoms with Crippen molar-refractivity contribution in [2.24, 2.45) is 5.92 Å². The predicted molar refractivity (Wildman–Crippen MR) is 82.7 cm³/mol. The van der Waals surface area contributed by atoms with Crippen LogP contribution in [0.4, 0.5) is 0 Å². The fourth-order valence-corrected chi connectivity index (χ4v) is 3.12. The summed E-state index contributed by atoms with van der Waals surface area (Å²) in [7, 11) is 0. The van der Waals surface area contributed by atoms with Crippen molar-refractivity contribution in [3.63, 3.8) is 0 Å². The molecule has 0 spiro atoms. The summed E-state index contributed by atoms with van der Waals surface area (Å²) in [5.74, 6) is 1.20. The zero-order valence-electron chi connectivity index (χ0n) is 11.1. The van der Waals surface area contributed by atoms with E-state index in [2.05, 4.69) is 28.2 Å². The molecule has 2 rings (SSSR count). The van der Waals surface area contributed by atoms with Gasteiger partial charge in [0.1, 0.15) is 0 Å². The van der Waals surface area contributed by atoms with Crippen molar-refractivity contribution in [1.82, 2.24) is 5.32 Å². The summed E-state index contributed by atoms with van der Waals surface area (Å²) in [6.45, 7) is 2.26. The highest BCUT2D eigenvalue weighted by molar-refractivity contribution is 9.10. The molecule has 1 aliphatic rings. The van der Waals surface area contributed by atoms with E-state index in [1.807, 2.05) is 24.3 Å². The zero-order chi connectivity index (χ0) is 13.9. The van der Waals surface area contributed by atoms with E-state index >= 15 is 0 Å². The number of carbonyl (C=O) groups is 1. The molecule has 19 heavy (non-hydrogen) atoms. The maximum Gasteiger partial charge on any atom is 0.251 e. The van der Waals surface area contributed by atoms with Gasteiger partial charge in [-0.05, 0) is 55.9 Å². The molecule has 0 aromatic heterocycles. The van der Waals surface area contributed by atoms with Crippen LogP contribution in [-0.4, -0.2) is 17.3 Å². The third-order valence-corrected chi connectivity index (χ3v) is 5.01. The highest BCUT2D eigenvalue weighted by atomic mass is 79.9. The largest absolute Gasteiger partial charge is 0.345 e. The molecule has 2 nitrogen and oxygen atoms in total. The molecule has 0 atom stereocenters. The summed E-state index contributed by atoms with van der Waals surface area (Å²) >= 11 is 9.49. The van der Waals surface area contributed by atoms with Gasteiger partial charge < -0.3 is 5.32 Å². The van der Waals surface area contributed by atoms with Gasteiger partial charge >= 0.3 is 0 Å². The number of nitrogens with one attached hydrogen (secondary N) is 1. The Bertz CT molecular complexity index is 438. The topological polar surface area (TPSA) is 29.1 Å². The first-order chi connectivity index (χ1) is 9.04. The van der Waals surface area contributed by atoms with E-state index in [-0.39, 0.29) is 11.4 Å². The van der Waals surface area contributed by atoms with Crippen LogP contribution in [0.15, 0.2) is 28.7 Å². The van der Waals surface area contributed by atoms with Crippen molar-refractivity contribution in [3.8, 4) is 0 Å². The molecule has 1 aromatic carbocycles. The van der Waals surface area contributed by atoms with Gasteiger partial charge in [0.25, 0.3) is 5.91 Å². The molecule has 0 radical (unpaired) electrons. The van der Waals surface area contributed by atoms with Crippen molar-refractivity contribution < 1.29 is 4.79 Å². The Morgan fingerprint density at radius 1 is 1.37 bits per heavy atom. The second kappa shape index (κ2) is 6.27. The number of rotatable bonds is 3. The molecule has 0 heterocycles. The van der Waals surface area contributed by atoms with Crippen molar-refractivity contribution in [2.45, 2.75) is 38.1 Å². The number of halogens is 2. The molecule has 1 N–H and O–H groups in total. The molecule has 1 saturated carbocycles. The molecule has 104 valence electrons. The van der Waals surface area contributed by atoms with Crippen LogP contribution in [0.25, 0.3) is 0 Å². The Morgan fingerprint density at radius 3 is 2.47 bits per heavy atom. The second-order valence-corrected chi connectivity index (χ2v) is 6.74. The van der Waals surface area contributed by atoms with Crippen LogP contribution in [0.2, 0.25) is 0 Å². The SMILES string of the molecule is CC1CCC(CCl)(NC(=O)c2ccc(Br)cc2)CC1. The quantitative estimate of drug-likeness (QED) is 0.811. The van der Waals surface area contributed by atoms with Gasteiger partial charge in [0.2, 0.25) is 0 Å². The van der Waals surface area contributed by atoms with Crippen LogP contribution in [0, 0.1) is 5.92 Å². The van der Waals surface area contributed by atoms with Gasteiger partial charge in [-0.3, -0.25) is 4.79 Å². The van der Waals surface area contributed by atoms with Crippen LogP contribution in [0.1, 0.15) is 43.0 Å². The summed E-state index contributed by atoms with van der Waals surface area (Å²) in [4.78, 5) is 12.3.